The van der Waals surface area contributed by atoms with E-state index in [9.17, 15) is 34.8 Å². The highest BCUT2D eigenvalue weighted by molar-refractivity contribution is 6.24. The highest BCUT2D eigenvalue weighted by atomic mass is 16.3. The fourth-order valence-corrected chi connectivity index (χ4v) is 6.45. The SMILES string of the molecule is CCN(C)Cc1cc(O)c2c(c1N(C)C)C[C@H]1C[C@H]3[C@H](N(C)C)C(O)=C(C(N)=O)C(=O)[C@@]3(O)C(O)=C1C2=O. The lowest BCUT2D eigenvalue weighted by Crippen LogP contribution is -2.63. The van der Waals surface area contributed by atoms with E-state index < -0.39 is 58.0 Å². The zero-order chi connectivity index (χ0) is 28.4. The number of phenolic OH excluding ortho intramolecular Hbond substituents is 1. The van der Waals surface area contributed by atoms with E-state index in [-0.39, 0.29) is 29.7 Å². The number of anilines is 1. The molecule has 0 fully saturated rings. The Hall–Kier alpha value is -3.41. The quantitative estimate of drug-likeness (QED) is 0.330. The molecule has 1 amide bonds. The summed E-state index contributed by atoms with van der Waals surface area (Å²) in [6.07, 6.45) is 0.303. The first-order valence-corrected chi connectivity index (χ1v) is 12.6. The summed E-state index contributed by atoms with van der Waals surface area (Å²) in [4.78, 5) is 44.8. The monoisotopic (exact) mass is 528 g/mol. The number of carbonyl (C=O) groups excluding carboxylic acids is 3. The lowest BCUT2D eigenvalue weighted by Gasteiger charge is -2.50. The molecule has 1 aromatic carbocycles. The van der Waals surface area contributed by atoms with Crippen LogP contribution in [0.15, 0.2) is 28.7 Å². The maximum absolute atomic E-state index is 13.9. The van der Waals surface area contributed by atoms with Gasteiger partial charge in [0.25, 0.3) is 5.91 Å². The van der Waals surface area contributed by atoms with Crippen molar-refractivity contribution in [2.75, 3.05) is 46.7 Å². The maximum Gasteiger partial charge on any atom is 0.255 e. The number of benzene rings is 1. The summed E-state index contributed by atoms with van der Waals surface area (Å²) in [5.41, 5.74) is 3.99. The summed E-state index contributed by atoms with van der Waals surface area (Å²) in [6, 6.07) is 0.516. The predicted octanol–water partition coefficient (Wildman–Crippen LogP) is 0.638. The molecule has 0 aliphatic heterocycles. The second-order valence-electron chi connectivity index (χ2n) is 10.9. The fraction of sp³-hybridized carbons (Fsp3) is 0.519. The van der Waals surface area contributed by atoms with Crippen LogP contribution in [-0.4, -0.2) is 101 Å². The third-order valence-electron chi connectivity index (χ3n) is 8.20. The summed E-state index contributed by atoms with van der Waals surface area (Å²) in [5.74, 6) is -6.55. The van der Waals surface area contributed by atoms with Gasteiger partial charge in [-0.1, -0.05) is 6.92 Å². The van der Waals surface area contributed by atoms with Crippen LogP contribution in [0.2, 0.25) is 0 Å². The molecule has 6 N–H and O–H groups in total. The van der Waals surface area contributed by atoms with E-state index in [1.54, 1.807) is 14.1 Å². The fourth-order valence-electron chi connectivity index (χ4n) is 6.45. The average Bonchev–Trinajstić information content (AvgIpc) is 2.80. The smallest absolute Gasteiger partial charge is 0.255 e. The van der Waals surface area contributed by atoms with Gasteiger partial charge in [0.2, 0.25) is 5.78 Å². The molecule has 0 saturated carbocycles. The van der Waals surface area contributed by atoms with Gasteiger partial charge < -0.3 is 36.0 Å². The number of amides is 1. The molecule has 206 valence electrons. The zero-order valence-electron chi connectivity index (χ0n) is 22.6. The molecule has 0 radical (unpaired) electrons. The number of aromatic hydroxyl groups is 1. The number of allylic oxidation sites excluding steroid dienone is 1. The topological polar surface area (TPSA) is 168 Å². The van der Waals surface area contributed by atoms with Crippen molar-refractivity contribution in [3.63, 3.8) is 0 Å². The summed E-state index contributed by atoms with van der Waals surface area (Å²) < 4.78 is 0. The molecule has 3 aliphatic carbocycles. The Bertz CT molecular complexity index is 1300. The van der Waals surface area contributed by atoms with Crippen molar-refractivity contribution in [1.82, 2.24) is 9.80 Å². The molecule has 0 unspecified atom stereocenters. The number of nitrogens with two attached hydrogens (primary N) is 1. The molecular weight excluding hydrogens is 492 g/mol. The first-order chi connectivity index (χ1) is 17.7. The molecule has 11 nitrogen and oxygen atoms in total. The minimum absolute atomic E-state index is 0.0115. The van der Waals surface area contributed by atoms with Crippen LogP contribution in [0.1, 0.15) is 34.8 Å². The second-order valence-corrected chi connectivity index (χ2v) is 10.9. The number of nitrogens with zero attached hydrogens (tertiary/aromatic N) is 3. The van der Waals surface area contributed by atoms with Crippen LogP contribution in [0.5, 0.6) is 5.75 Å². The van der Waals surface area contributed by atoms with Crippen LogP contribution in [0, 0.1) is 11.8 Å². The highest BCUT2D eigenvalue weighted by Crippen LogP contribution is 2.53. The maximum atomic E-state index is 13.9. The molecule has 4 atom stereocenters. The standard InChI is InChI=1S/C27H36N4O7/c1-7-31(6)11-13-10-16(32)18-14(20(13)29(2)3)8-12-9-15-21(30(4)5)23(34)19(26(28)37)25(36)27(15,38)24(35)17(12)22(18)33/h10,12,15,21,32,34-35,38H,7-9,11H2,1-6H3,(H2,28,37)/t12-,15-,21-,27-/m0/s1. The minimum Gasteiger partial charge on any atom is -0.510 e. The van der Waals surface area contributed by atoms with Gasteiger partial charge in [0.15, 0.2) is 11.4 Å². The van der Waals surface area contributed by atoms with Gasteiger partial charge in [0.1, 0.15) is 22.8 Å². The molecule has 3 aliphatic rings. The van der Waals surface area contributed by atoms with Gasteiger partial charge in [-0.15, -0.1) is 0 Å². The van der Waals surface area contributed by atoms with Crippen molar-refractivity contribution >= 4 is 23.2 Å². The molecule has 0 aromatic heterocycles. The van der Waals surface area contributed by atoms with Crippen LogP contribution in [0.3, 0.4) is 0 Å². The largest absolute Gasteiger partial charge is 0.510 e. The molecule has 4 rings (SSSR count). The van der Waals surface area contributed by atoms with E-state index in [2.05, 4.69) is 4.90 Å². The number of likely N-dealkylation sites (N-methyl/N-ethyl adjacent to an activating group) is 1. The molecule has 1 aromatic rings. The lowest BCUT2D eigenvalue weighted by atomic mass is 9.58. The van der Waals surface area contributed by atoms with Crippen LogP contribution in [0.25, 0.3) is 0 Å². The summed E-state index contributed by atoms with van der Waals surface area (Å²) >= 11 is 0. The van der Waals surface area contributed by atoms with Crippen LogP contribution in [0.4, 0.5) is 5.69 Å². The Labute approximate surface area is 221 Å². The summed E-state index contributed by atoms with van der Waals surface area (Å²) in [6.45, 7) is 3.32. The highest BCUT2D eigenvalue weighted by Gasteiger charge is 2.63. The van der Waals surface area contributed by atoms with Gasteiger partial charge in [0, 0.05) is 37.8 Å². The number of hydrogen-bond donors (Lipinski definition) is 5. The number of ketones is 2. The molecule has 0 bridgehead atoms. The third kappa shape index (κ3) is 3.79. The number of rotatable bonds is 6. The van der Waals surface area contributed by atoms with Crippen molar-refractivity contribution < 1.29 is 34.8 Å². The number of Topliss-reactive ketones (excluding diaryl/α,β-unsaturated/α-hetero) is 2. The number of phenols is 1. The molecular formula is C27H36N4O7. The number of aliphatic hydroxyl groups excluding tert-OH is 2. The van der Waals surface area contributed by atoms with Gasteiger partial charge >= 0.3 is 0 Å². The molecule has 38 heavy (non-hydrogen) atoms. The Morgan fingerprint density at radius 3 is 2.29 bits per heavy atom. The summed E-state index contributed by atoms with van der Waals surface area (Å²) in [5, 5.41) is 45.0. The van der Waals surface area contributed by atoms with E-state index in [0.29, 0.717) is 12.1 Å². The van der Waals surface area contributed by atoms with Gasteiger partial charge in [0.05, 0.1) is 11.6 Å². The van der Waals surface area contributed by atoms with Crippen LogP contribution < -0.4 is 10.6 Å². The Morgan fingerprint density at radius 1 is 1.13 bits per heavy atom. The third-order valence-corrected chi connectivity index (χ3v) is 8.20. The Kier molecular flexibility index (Phi) is 6.84. The molecule has 0 spiro atoms. The van der Waals surface area contributed by atoms with Crippen LogP contribution >= 0.6 is 0 Å². The number of fused-ring (bicyclic) bond motifs is 3. The van der Waals surface area contributed by atoms with Crippen LogP contribution in [-0.2, 0) is 22.6 Å². The first kappa shape index (κ1) is 27.6. The van der Waals surface area contributed by atoms with Crippen molar-refractivity contribution in [2.45, 2.75) is 38.0 Å². The molecule has 11 heteroatoms. The number of aliphatic hydroxyl groups is 3. The molecule has 0 heterocycles. The summed E-state index contributed by atoms with van der Waals surface area (Å²) in [7, 11) is 8.86. The predicted molar refractivity (Wildman–Crippen MR) is 140 cm³/mol. The number of hydrogen-bond acceptors (Lipinski definition) is 10. The molecule has 0 saturated heterocycles. The van der Waals surface area contributed by atoms with E-state index in [4.69, 9.17) is 5.73 Å². The zero-order valence-corrected chi connectivity index (χ0v) is 22.6. The van der Waals surface area contributed by atoms with Crippen molar-refractivity contribution in [3.05, 3.63) is 45.4 Å². The van der Waals surface area contributed by atoms with Crippen molar-refractivity contribution in [1.29, 1.82) is 0 Å². The van der Waals surface area contributed by atoms with Crippen molar-refractivity contribution in [3.8, 4) is 5.75 Å². The van der Waals surface area contributed by atoms with E-state index in [0.717, 1.165) is 17.8 Å². The Morgan fingerprint density at radius 2 is 1.76 bits per heavy atom. The van der Waals surface area contributed by atoms with Crippen molar-refractivity contribution in [2.24, 2.45) is 17.6 Å². The van der Waals surface area contributed by atoms with E-state index in [1.165, 1.54) is 11.0 Å². The number of primary amides is 1. The second kappa shape index (κ2) is 9.40. The van der Waals surface area contributed by atoms with Gasteiger partial charge in [-0.2, -0.15) is 0 Å². The van der Waals surface area contributed by atoms with Gasteiger partial charge in [-0.05, 0) is 63.6 Å². The number of carbonyl (C=O) groups is 3. The minimum atomic E-state index is -2.64. The van der Waals surface area contributed by atoms with Gasteiger partial charge in [-0.3, -0.25) is 19.3 Å². The average molecular weight is 529 g/mol. The lowest BCUT2D eigenvalue weighted by molar-refractivity contribution is -0.148. The Balaban J connectivity index is 1.96. The normalized spacial score (nSPS) is 27.0. The van der Waals surface area contributed by atoms with Gasteiger partial charge in [-0.25, -0.2) is 0 Å². The van der Waals surface area contributed by atoms with E-state index in [1.807, 2.05) is 33.0 Å². The first-order valence-electron chi connectivity index (χ1n) is 12.6. The van der Waals surface area contributed by atoms with E-state index >= 15 is 0 Å².